The molecule has 3 N–H and O–H groups in total. The van der Waals surface area contributed by atoms with Gasteiger partial charge in [-0.25, -0.2) is 14.5 Å². The average molecular weight is 463 g/mol. The summed E-state index contributed by atoms with van der Waals surface area (Å²) in [6.45, 7) is 1.74. The molecule has 1 aromatic carbocycles. The number of aromatic nitrogens is 4. The van der Waals surface area contributed by atoms with E-state index in [0.29, 0.717) is 34.5 Å². The monoisotopic (exact) mass is 462 g/mol. The lowest BCUT2D eigenvalue weighted by Crippen LogP contribution is -2.29. The third kappa shape index (κ3) is 4.67. The first-order valence-electron chi connectivity index (χ1n) is 10.9. The molecule has 0 aliphatic heterocycles. The molecule has 0 saturated heterocycles. The molecule has 0 radical (unpaired) electrons. The fourth-order valence-corrected chi connectivity index (χ4v) is 3.66. The largest absolute Gasteiger partial charge is 0.494 e. The maximum atomic E-state index is 6.40. The third-order valence-electron chi connectivity index (χ3n) is 5.55. The zero-order valence-electron chi connectivity index (χ0n) is 20.1. The van der Waals surface area contributed by atoms with Crippen molar-refractivity contribution in [2.24, 2.45) is 0 Å². The highest BCUT2D eigenvalue weighted by Gasteiger charge is 2.17. The van der Waals surface area contributed by atoms with Crippen molar-refractivity contribution in [3.8, 4) is 22.8 Å². The second-order valence-electron chi connectivity index (χ2n) is 8.16. The molecular weight excluding hydrogens is 432 g/mol. The Morgan fingerprint density at radius 3 is 2.56 bits per heavy atom. The number of benzene rings is 1. The minimum Gasteiger partial charge on any atom is -0.494 e. The summed E-state index contributed by atoms with van der Waals surface area (Å²) < 4.78 is 13.0. The Bertz CT molecular complexity index is 1290. The molecule has 0 amide bonds. The number of pyridine rings is 1. The topological polar surface area (TPSA) is 106 Å². The van der Waals surface area contributed by atoms with Crippen molar-refractivity contribution in [3.63, 3.8) is 0 Å². The summed E-state index contributed by atoms with van der Waals surface area (Å²) in [6.07, 6.45) is 5.29. The highest BCUT2D eigenvalue weighted by Crippen LogP contribution is 2.37. The number of rotatable bonds is 9. The van der Waals surface area contributed by atoms with Crippen molar-refractivity contribution >= 4 is 28.5 Å². The van der Waals surface area contributed by atoms with Gasteiger partial charge < -0.3 is 30.3 Å². The van der Waals surface area contributed by atoms with Crippen LogP contribution < -0.4 is 25.4 Å². The van der Waals surface area contributed by atoms with Gasteiger partial charge in [0.15, 0.2) is 5.75 Å². The van der Waals surface area contributed by atoms with Gasteiger partial charge in [0.1, 0.15) is 11.4 Å². The first-order chi connectivity index (χ1) is 16.4. The standard InChI is InChI=1S/C24H30N8O2/c1-30(2)10-11-31(3)20-13-21(33-4)18(12-17(20)25)28-24-26-15-22(34-5)23(29-24)16-14-27-32-9-7-6-8-19(16)32/h6-9,12-15H,10-11,25H2,1-5H3,(H,26,28,29). The zero-order valence-corrected chi connectivity index (χ0v) is 20.1. The number of hydrogen-bond donors (Lipinski definition) is 2. The van der Waals surface area contributed by atoms with Gasteiger partial charge in [0.2, 0.25) is 5.95 Å². The first-order valence-corrected chi connectivity index (χ1v) is 10.9. The van der Waals surface area contributed by atoms with Gasteiger partial charge in [-0.05, 0) is 32.3 Å². The van der Waals surface area contributed by atoms with E-state index in [0.717, 1.165) is 29.9 Å². The summed E-state index contributed by atoms with van der Waals surface area (Å²) in [4.78, 5) is 13.4. The van der Waals surface area contributed by atoms with E-state index in [1.54, 1.807) is 31.1 Å². The highest BCUT2D eigenvalue weighted by atomic mass is 16.5. The molecule has 0 saturated carbocycles. The first kappa shape index (κ1) is 23.1. The van der Waals surface area contributed by atoms with Crippen molar-refractivity contribution in [2.75, 3.05) is 64.4 Å². The van der Waals surface area contributed by atoms with Crippen LogP contribution in [0.3, 0.4) is 0 Å². The Kier molecular flexibility index (Phi) is 6.69. The number of nitrogens with one attached hydrogen (secondary N) is 1. The molecule has 0 aliphatic rings. The molecule has 0 unspecified atom stereocenters. The summed E-state index contributed by atoms with van der Waals surface area (Å²) in [6, 6.07) is 9.61. The molecule has 178 valence electrons. The lowest BCUT2D eigenvalue weighted by Gasteiger charge is -2.24. The molecule has 0 fully saturated rings. The number of anilines is 4. The Morgan fingerprint density at radius 2 is 1.82 bits per heavy atom. The van der Waals surface area contributed by atoms with Gasteiger partial charge in [-0.3, -0.25) is 0 Å². The van der Waals surface area contributed by atoms with E-state index in [9.17, 15) is 0 Å². The van der Waals surface area contributed by atoms with Crippen LogP contribution in [0.1, 0.15) is 0 Å². The van der Waals surface area contributed by atoms with Crippen LogP contribution in [0.25, 0.3) is 16.8 Å². The minimum absolute atomic E-state index is 0.387. The Hall–Kier alpha value is -4.05. The van der Waals surface area contributed by atoms with Gasteiger partial charge in [-0.2, -0.15) is 5.10 Å². The van der Waals surface area contributed by atoms with Crippen molar-refractivity contribution in [1.82, 2.24) is 24.5 Å². The van der Waals surface area contributed by atoms with E-state index in [1.165, 1.54) is 0 Å². The van der Waals surface area contributed by atoms with Gasteiger partial charge in [0.05, 0.1) is 54.8 Å². The number of ether oxygens (including phenoxy) is 2. The lowest BCUT2D eigenvalue weighted by molar-refractivity contribution is 0.412. The fourth-order valence-electron chi connectivity index (χ4n) is 3.66. The molecule has 4 rings (SSSR count). The molecule has 0 bridgehead atoms. The van der Waals surface area contributed by atoms with Crippen LogP contribution in [0.2, 0.25) is 0 Å². The number of methoxy groups -OCH3 is 2. The maximum Gasteiger partial charge on any atom is 0.228 e. The summed E-state index contributed by atoms with van der Waals surface area (Å²) in [5.74, 6) is 1.57. The minimum atomic E-state index is 0.387. The van der Waals surface area contributed by atoms with Crippen molar-refractivity contribution in [1.29, 1.82) is 0 Å². The summed E-state index contributed by atoms with van der Waals surface area (Å²) >= 11 is 0. The van der Waals surface area contributed by atoms with Gasteiger partial charge in [-0.15, -0.1) is 0 Å². The Labute approximate surface area is 198 Å². The maximum absolute atomic E-state index is 6.40. The smallest absolute Gasteiger partial charge is 0.228 e. The van der Waals surface area contributed by atoms with Crippen LogP contribution in [0, 0.1) is 0 Å². The second kappa shape index (κ2) is 9.84. The van der Waals surface area contributed by atoms with E-state index in [1.807, 2.05) is 57.7 Å². The SMILES string of the molecule is COc1cc(N(C)CCN(C)C)c(N)cc1Nc1ncc(OC)c(-c2cnn3ccccc23)n1. The van der Waals surface area contributed by atoms with Gasteiger partial charge in [0, 0.05) is 32.4 Å². The zero-order chi connectivity index (χ0) is 24.2. The highest BCUT2D eigenvalue weighted by molar-refractivity contribution is 5.82. The van der Waals surface area contributed by atoms with Gasteiger partial charge in [-0.1, -0.05) is 6.07 Å². The van der Waals surface area contributed by atoms with E-state index >= 15 is 0 Å². The van der Waals surface area contributed by atoms with E-state index < -0.39 is 0 Å². The Balaban J connectivity index is 1.67. The lowest BCUT2D eigenvalue weighted by atomic mass is 10.2. The van der Waals surface area contributed by atoms with Crippen molar-refractivity contribution in [2.45, 2.75) is 0 Å². The van der Waals surface area contributed by atoms with Crippen LogP contribution in [0.5, 0.6) is 11.5 Å². The molecule has 0 atom stereocenters. The summed E-state index contributed by atoms with van der Waals surface area (Å²) in [5.41, 5.74) is 11.0. The molecule has 0 aliphatic carbocycles. The number of hydrogen-bond acceptors (Lipinski definition) is 9. The molecule has 34 heavy (non-hydrogen) atoms. The third-order valence-corrected chi connectivity index (χ3v) is 5.55. The predicted molar refractivity (Wildman–Crippen MR) is 135 cm³/mol. The Morgan fingerprint density at radius 1 is 1.03 bits per heavy atom. The molecule has 10 nitrogen and oxygen atoms in total. The van der Waals surface area contributed by atoms with Gasteiger partial charge >= 0.3 is 0 Å². The van der Waals surface area contributed by atoms with E-state index in [4.69, 9.17) is 20.2 Å². The fraction of sp³-hybridized carbons (Fsp3) is 0.292. The average Bonchev–Trinajstić information content (AvgIpc) is 3.26. The van der Waals surface area contributed by atoms with Crippen LogP contribution >= 0.6 is 0 Å². The quantitative estimate of drug-likeness (QED) is 0.363. The van der Waals surface area contributed by atoms with Crippen LogP contribution in [0.15, 0.2) is 48.9 Å². The molecule has 3 heterocycles. The van der Waals surface area contributed by atoms with Crippen LogP contribution in [0.4, 0.5) is 23.0 Å². The number of nitrogens with two attached hydrogens (primary N) is 1. The second-order valence-corrected chi connectivity index (χ2v) is 8.16. The molecule has 10 heteroatoms. The number of nitrogen functional groups attached to an aromatic ring is 1. The summed E-state index contributed by atoms with van der Waals surface area (Å²) in [5, 5.41) is 7.66. The molecular formula is C24H30N8O2. The number of likely N-dealkylation sites (N-methyl/N-ethyl adjacent to an activating group) is 2. The normalized spacial score (nSPS) is 11.1. The van der Waals surface area contributed by atoms with Crippen molar-refractivity contribution < 1.29 is 9.47 Å². The van der Waals surface area contributed by atoms with E-state index in [-0.39, 0.29) is 0 Å². The molecule has 0 spiro atoms. The number of fused-ring (bicyclic) bond motifs is 1. The molecule has 4 aromatic rings. The molecule has 3 aromatic heterocycles. The van der Waals surface area contributed by atoms with Crippen molar-refractivity contribution in [3.05, 3.63) is 48.9 Å². The summed E-state index contributed by atoms with van der Waals surface area (Å²) in [7, 11) is 9.31. The number of nitrogens with zero attached hydrogens (tertiary/aromatic N) is 6. The van der Waals surface area contributed by atoms with Crippen LogP contribution in [-0.2, 0) is 0 Å². The predicted octanol–water partition coefficient (Wildman–Crippen LogP) is 3.13. The van der Waals surface area contributed by atoms with Crippen LogP contribution in [-0.4, -0.2) is 72.9 Å². The van der Waals surface area contributed by atoms with Gasteiger partial charge in [0.25, 0.3) is 0 Å². The van der Waals surface area contributed by atoms with E-state index in [2.05, 4.69) is 25.2 Å².